The standard InChI is InChI=1S/C53H90O5/c1-3-5-7-9-11-13-15-17-19-21-23-24-25-26-27-28-30-32-34-36-38-40-42-44-46-48-53(56)58-51(49-54)50-57-52(55)47-45-43-41-39-37-35-33-31-29-22-20-18-16-14-12-10-8-6-4-2/h5,7,11-14,17-20,23-24,29,31,51,54H,3-4,6,8-10,15-16,21-22,25-28,30,32-50H2,1-2H3/b7-5-,13-11-,14-12-,19-17-,20-18-,24-23-,31-29-. The highest BCUT2D eigenvalue weighted by Gasteiger charge is 2.16. The Kier molecular flexibility index (Phi) is 46.0. The fourth-order valence-corrected chi connectivity index (χ4v) is 6.55. The van der Waals surface area contributed by atoms with Gasteiger partial charge in [0.25, 0.3) is 0 Å². The Morgan fingerprint density at radius 2 is 0.741 bits per heavy atom. The molecule has 0 heterocycles. The number of aliphatic hydroxyl groups excluding tert-OH is 1. The highest BCUT2D eigenvalue weighted by atomic mass is 16.6. The second-order valence-corrected chi connectivity index (χ2v) is 15.8. The monoisotopic (exact) mass is 807 g/mol. The van der Waals surface area contributed by atoms with Gasteiger partial charge in [-0.15, -0.1) is 0 Å². The zero-order valence-corrected chi connectivity index (χ0v) is 37.8. The van der Waals surface area contributed by atoms with Gasteiger partial charge in [-0.3, -0.25) is 9.59 Å². The Morgan fingerprint density at radius 1 is 0.414 bits per heavy atom. The number of aliphatic hydroxyl groups is 1. The molecular weight excluding hydrogens is 717 g/mol. The van der Waals surface area contributed by atoms with Gasteiger partial charge in [0.15, 0.2) is 6.10 Å². The first-order valence-electron chi connectivity index (χ1n) is 24.1. The average Bonchev–Trinajstić information content (AvgIpc) is 3.23. The maximum absolute atomic E-state index is 12.3. The van der Waals surface area contributed by atoms with Crippen LogP contribution < -0.4 is 0 Å². The zero-order chi connectivity index (χ0) is 42.1. The minimum Gasteiger partial charge on any atom is -0.462 e. The van der Waals surface area contributed by atoms with Crippen LogP contribution >= 0.6 is 0 Å². The van der Waals surface area contributed by atoms with Crippen LogP contribution in [0.5, 0.6) is 0 Å². The topological polar surface area (TPSA) is 72.8 Å². The van der Waals surface area contributed by atoms with E-state index in [1.54, 1.807) is 0 Å². The fourth-order valence-electron chi connectivity index (χ4n) is 6.55. The van der Waals surface area contributed by atoms with Crippen molar-refractivity contribution < 1.29 is 24.2 Å². The predicted octanol–water partition coefficient (Wildman–Crippen LogP) is 15.9. The van der Waals surface area contributed by atoms with E-state index in [9.17, 15) is 14.7 Å². The fraction of sp³-hybridized carbons (Fsp3) is 0.698. The van der Waals surface area contributed by atoms with Gasteiger partial charge in [-0.25, -0.2) is 0 Å². The number of carbonyl (C=O) groups is 2. The molecule has 0 fully saturated rings. The van der Waals surface area contributed by atoms with Crippen molar-refractivity contribution in [2.24, 2.45) is 0 Å². The van der Waals surface area contributed by atoms with E-state index >= 15 is 0 Å². The number of carbonyl (C=O) groups excluding carboxylic acids is 2. The average molecular weight is 807 g/mol. The van der Waals surface area contributed by atoms with Crippen molar-refractivity contribution in [2.75, 3.05) is 13.2 Å². The quantitative estimate of drug-likeness (QED) is 0.0377. The molecular formula is C53H90O5. The number of rotatable bonds is 43. The zero-order valence-electron chi connectivity index (χ0n) is 37.8. The van der Waals surface area contributed by atoms with Crippen LogP contribution in [0.4, 0.5) is 0 Å². The van der Waals surface area contributed by atoms with Crippen molar-refractivity contribution in [3.63, 3.8) is 0 Å². The number of allylic oxidation sites excluding steroid dienone is 14. The van der Waals surface area contributed by atoms with Crippen LogP contribution in [0, 0.1) is 0 Å². The van der Waals surface area contributed by atoms with Gasteiger partial charge < -0.3 is 14.6 Å². The molecule has 1 atom stereocenters. The second kappa shape index (κ2) is 48.4. The molecule has 0 aromatic carbocycles. The summed E-state index contributed by atoms with van der Waals surface area (Å²) in [6.07, 6.45) is 66.6. The van der Waals surface area contributed by atoms with Crippen molar-refractivity contribution >= 4 is 11.9 Å². The maximum Gasteiger partial charge on any atom is 0.306 e. The summed E-state index contributed by atoms with van der Waals surface area (Å²) in [5.41, 5.74) is 0. The van der Waals surface area contributed by atoms with Gasteiger partial charge in [0, 0.05) is 12.8 Å². The van der Waals surface area contributed by atoms with E-state index in [-0.39, 0.29) is 25.2 Å². The van der Waals surface area contributed by atoms with Crippen LogP contribution in [0.15, 0.2) is 85.1 Å². The summed E-state index contributed by atoms with van der Waals surface area (Å²) in [6, 6.07) is 0. The number of hydrogen-bond acceptors (Lipinski definition) is 5. The molecule has 5 nitrogen and oxygen atoms in total. The van der Waals surface area contributed by atoms with E-state index < -0.39 is 6.10 Å². The molecule has 0 saturated carbocycles. The van der Waals surface area contributed by atoms with Crippen LogP contribution in [-0.2, 0) is 19.1 Å². The van der Waals surface area contributed by atoms with Gasteiger partial charge in [-0.1, -0.05) is 202 Å². The van der Waals surface area contributed by atoms with E-state index in [0.29, 0.717) is 12.8 Å². The van der Waals surface area contributed by atoms with Crippen LogP contribution in [-0.4, -0.2) is 36.4 Å². The van der Waals surface area contributed by atoms with Gasteiger partial charge in [0.1, 0.15) is 6.61 Å². The van der Waals surface area contributed by atoms with Crippen LogP contribution in [0.25, 0.3) is 0 Å². The molecule has 0 bridgehead atoms. The minimum absolute atomic E-state index is 0.0768. The molecule has 1 unspecified atom stereocenters. The molecule has 5 heteroatoms. The minimum atomic E-state index is -0.783. The lowest BCUT2D eigenvalue weighted by Gasteiger charge is -2.15. The summed E-state index contributed by atoms with van der Waals surface area (Å²) in [5, 5.41) is 9.61. The summed E-state index contributed by atoms with van der Waals surface area (Å²) in [6.45, 7) is 3.99. The summed E-state index contributed by atoms with van der Waals surface area (Å²) in [4.78, 5) is 24.4. The van der Waals surface area contributed by atoms with Crippen molar-refractivity contribution in [1.82, 2.24) is 0 Å². The summed E-state index contributed by atoms with van der Waals surface area (Å²) < 4.78 is 10.7. The normalized spacial score (nSPS) is 12.9. The predicted molar refractivity (Wildman–Crippen MR) is 251 cm³/mol. The van der Waals surface area contributed by atoms with Crippen LogP contribution in [0.2, 0.25) is 0 Å². The Hall–Kier alpha value is -2.92. The van der Waals surface area contributed by atoms with E-state index in [1.165, 1.54) is 109 Å². The molecule has 58 heavy (non-hydrogen) atoms. The van der Waals surface area contributed by atoms with E-state index in [2.05, 4.69) is 98.9 Å². The van der Waals surface area contributed by atoms with Crippen LogP contribution in [0.3, 0.4) is 0 Å². The van der Waals surface area contributed by atoms with E-state index in [0.717, 1.165) is 83.5 Å². The lowest BCUT2D eigenvalue weighted by molar-refractivity contribution is -0.161. The largest absolute Gasteiger partial charge is 0.462 e. The highest BCUT2D eigenvalue weighted by molar-refractivity contribution is 5.70. The second-order valence-electron chi connectivity index (χ2n) is 15.8. The molecule has 0 saturated heterocycles. The third-order valence-electron chi connectivity index (χ3n) is 10.2. The first-order chi connectivity index (χ1) is 28.6. The number of esters is 2. The summed E-state index contributed by atoms with van der Waals surface area (Å²) in [5.74, 6) is -0.609. The summed E-state index contributed by atoms with van der Waals surface area (Å²) >= 11 is 0. The molecule has 0 aliphatic rings. The third kappa shape index (κ3) is 45.8. The summed E-state index contributed by atoms with van der Waals surface area (Å²) in [7, 11) is 0. The molecule has 0 rings (SSSR count). The highest BCUT2D eigenvalue weighted by Crippen LogP contribution is 2.14. The van der Waals surface area contributed by atoms with Gasteiger partial charge in [0.2, 0.25) is 0 Å². The van der Waals surface area contributed by atoms with Crippen molar-refractivity contribution in [1.29, 1.82) is 0 Å². The molecule has 0 amide bonds. The van der Waals surface area contributed by atoms with Crippen molar-refractivity contribution in [3.8, 4) is 0 Å². The van der Waals surface area contributed by atoms with E-state index in [4.69, 9.17) is 9.47 Å². The van der Waals surface area contributed by atoms with Crippen LogP contribution in [0.1, 0.15) is 219 Å². The lowest BCUT2D eigenvalue weighted by Crippen LogP contribution is -2.28. The Balaban J connectivity index is 3.55. The molecule has 0 aliphatic carbocycles. The Labute approximate surface area is 358 Å². The molecule has 0 aromatic heterocycles. The molecule has 332 valence electrons. The molecule has 1 N–H and O–H groups in total. The van der Waals surface area contributed by atoms with Gasteiger partial charge in [0.05, 0.1) is 6.61 Å². The smallest absolute Gasteiger partial charge is 0.306 e. The SMILES string of the molecule is CC/C=C\C/C=C\C/C=C\C/C=C\CCCCCCCCCCCCCCC(=O)OC(CO)COC(=O)CCCCCCCC/C=C\C/C=C\C/C=C\CCCCC. The first-order valence-corrected chi connectivity index (χ1v) is 24.1. The number of hydrogen-bond donors (Lipinski definition) is 1. The number of unbranched alkanes of at least 4 members (excludes halogenated alkanes) is 21. The molecule has 0 aromatic rings. The Morgan fingerprint density at radius 3 is 1.12 bits per heavy atom. The molecule has 0 radical (unpaired) electrons. The van der Waals surface area contributed by atoms with Gasteiger partial charge in [-0.05, 0) is 89.9 Å². The first kappa shape index (κ1) is 55.1. The molecule has 0 aliphatic heterocycles. The Bertz CT molecular complexity index is 1090. The van der Waals surface area contributed by atoms with Crippen molar-refractivity contribution in [2.45, 2.75) is 225 Å². The number of ether oxygens (including phenoxy) is 2. The van der Waals surface area contributed by atoms with Gasteiger partial charge in [-0.2, -0.15) is 0 Å². The third-order valence-corrected chi connectivity index (χ3v) is 10.2. The molecule has 0 spiro atoms. The van der Waals surface area contributed by atoms with E-state index in [1.807, 2.05) is 0 Å². The van der Waals surface area contributed by atoms with Crippen molar-refractivity contribution in [3.05, 3.63) is 85.1 Å². The lowest BCUT2D eigenvalue weighted by atomic mass is 10.0. The maximum atomic E-state index is 12.3. The van der Waals surface area contributed by atoms with Gasteiger partial charge >= 0.3 is 11.9 Å².